The van der Waals surface area contributed by atoms with Crippen LogP contribution >= 0.6 is 11.3 Å². The summed E-state index contributed by atoms with van der Waals surface area (Å²) in [6.07, 6.45) is 0. The van der Waals surface area contributed by atoms with Gasteiger partial charge >= 0.3 is 0 Å². The molecule has 0 aliphatic heterocycles. The molecule has 0 aliphatic rings. The van der Waals surface area contributed by atoms with Crippen LogP contribution in [0.4, 0.5) is 5.69 Å². The smallest absolute Gasteiger partial charge is 0.118 e. The maximum atomic E-state index is 9.62. The van der Waals surface area contributed by atoms with Crippen molar-refractivity contribution in [2.75, 3.05) is 5.32 Å². The molecule has 2 aromatic rings. The average molecular weight is 262 g/mol. The van der Waals surface area contributed by atoms with Crippen molar-refractivity contribution in [2.24, 2.45) is 0 Å². The summed E-state index contributed by atoms with van der Waals surface area (Å²) >= 11 is 1.72. The van der Waals surface area contributed by atoms with E-state index in [0.717, 1.165) is 34.1 Å². The van der Waals surface area contributed by atoms with Crippen LogP contribution in [0, 0.1) is 27.7 Å². The van der Waals surface area contributed by atoms with Gasteiger partial charge in [0.25, 0.3) is 0 Å². The molecule has 1 aromatic carbocycles. The minimum absolute atomic E-state index is 0.350. The molecular weight excluding hydrogens is 244 g/mol. The summed E-state index contributed by atoms with van der Waals surface area (Å²) in [5, 5.41) is 14.1. The molecule has 4 heteroatoms. The summed E-state index contributed by atoms with van der Waals surface area (Å²) in [5.41, 5.74) is 4.10. The molecule has 2 rings (SSSR count). The molecule has 0 aliphatic carbocycles. The van der Waals surface area contributed by atoms with Crippen LogP contribution in [0.2, 0.25) is 0 Å². The number of hydrogen-bond donors (Lipinski definition) is 2. The molecule has 0 fully saturated rings. The normalized spacial score (nSPS) is 10.7. The van der Waals surface area contributed by atoms with E-state index in [2.05, 4.69) is 10.3 Å². The second-order valence-electron chi connectivity index (χ2n) is 4.55. The Morgan fingerprint density at radius 3 is 2.50 bits per heavy atom. The summed E-state index contributed by atoms with van der Waals surface area (Å²) in [6, 6.07) is 3.77. The number of nitrogens with one attached hydrogen (secondary N) is 1. The van der Waals surface area contributed by atoms with Gasteiger partial charge in [-0.3, -0.25) is 0 Å². The Morgan fingerprint density at radius 1 is 1.17 bits per heavy atom. The largest absolute Gasteiger partial charge is 0.508 e. The van der Waals surface area contributed by atoms with Crippen LogP contribution in [0.15, 0.2) is 12.1 Å². The molecule has 1 aromatic heterocycles. The molecule has 0 atom stereocenters. The fourth-order valence-corrected chi connectivity index (χ4v) is 2.78. The molecule has 2 N–H and O–H groups in total. The summed E-state index contributed by atoms with van der Waals surface area (Å²) in [5.74, 6) is 0.350. The van der Waals surface area contributed by atoms with Gasteiger partial charge in [-0.05, 0) is 51.0 Å². The molecule has 18 heavy (non-hydrogen) atoms. The van der Waals surface area contributed by atoms with Crippen molar-refractivity contribution in [1.82, 2.24) is 4.98 Å². The van der Waals surface area contributed by atoms with E-state index >= 15 is 0 Å². The molecule has 96 valence electrons. The quantitative estimate of drug-likeness (QED) is 0.829. The summed E-state index contributed by atoms with van der Waals surface area (Å²) in [4.78, 5) is 5.68. The molecule has 3 nitrogen and oxygen atoms in total. The molecule has 1 heterocycles. The number of benzene rings is 1. The Bertz CT molecular complexity index is 575. The van der Waals surface area contributed by atoms with Crippen LogP contribution in [0.5, 0.6) is 5.75 Å². The fourth-order valence-electron chi connectivity index (χ4n) is 1.90. The van der Waals surface area contributed by atoms with E-state index in [1.165, 1.54) is 4.88 Å². The van der Waals surface area contributed by atoms with Gasteiger partial charge in [0, 0.05) is 10.6 Å². The topological polar surface area (TPSA) is 45.2 Å². The zero-order valence-electron chi connectivity index (χ0n) is 11.2. The Kier molecular flexibility index (Phi) is 3.57. The van der Waals surface area contributed by atoms with Gasteiger partial charge in [-0.25, -0.2) is 4.98 Å². The lowest BCUT2D eigenvalue weighted by Gasteiger charge is -2.11. The zero-order valence-corrected chi connectivity index (χ0v) is 12.0. The van der Waals surface area contributed by atoms with E-state index in [9.17, 15) is 5.11 Å². The molecule has 0 saturated carbocycles. The maximum Gasteiger partial charge on any atom is 0.118 e. The molecule has 0 unspecified atom stereocenters. The molecule has 0 amide bonds. The van der Waals surface area contributed by atoms with Gasteiger partial charge in [-0.15, -0.1) is 11.3 Å². The lowest BCUT2D eigenvalue weighted by atomic mass is 10.1. The number of thiazole rings is 1. The van der Waals surface area contributed by atoms with Crippen molar-refractivity contribution in [1.29, 1.82) is 0 Å². The minimum atomic E-state index is 0.350. The third-order valence-corrected chi connectivity index (χ3v) is 4.05. The highest BCUT2D eigenvalue weighted by atomic mass is 32.1. The van der Waals surface area contributed by atoms with Crippen molar-refractivity contribution in [3.8, 4) is 5.75 Å². The number of anilines is 1. The number of aromatic hydroxyl groups is 1. The van der Waals surface area contributed by atoms with E-state index in [1.807, 2.05) is 33.8 Å². The Morgan fingerprint density at radius 2 is 1.89 bits per heavy atom. The second-order valence-corrected chi connectivity index (χ2v) is 5.84. The van der Waals surface area contributed by atoms with E-state index in [1.54, 1.807) is 17.4 Å². The van der Waals surface area contributed by atoms with Gasteiger partial charge < -0.3 is 10.4 Å². The van der Waals surface area contributed by atoms with Crippen LogP contribution in [-0.2, 0) is 6.54 Å². The fraction of sp³-hybridized carbons (Fsp3) is 0.357. The van der Waals surface area contributed by atoms with Gasteiger partial charge in [0.2, 0.25) is 0 Å². The number of nitrogens with zero attached hydrogens (tertiary/aromatic N) is 1. The summed E-state index contributed by atoms with van der Waals surface area (Å²) in [7, 11) is 0. The predicted molar refractivity (Wildman–Crippen MR) is 76.5 cm³/mol. The van der Waals surface area contributed by atoms with Gasteiger partial charge in [-0.2, -0.15) is 0 Å². The summed E-state index contributed by atoms with van der Waals surface area (Å²) < 4.78 is 0. The predicted octanol–water partition coefficient (Wildman–Crippen LogP) is 3.69. The lowest BCUT2D eigenvalue weighted by Crippen LogP contribution is -2.01. The first kappa shape index (κ1) is 12.9. The SMILES string of the molecule is Cc1nc(C)c(CNc2cc(C)c(O)cc2C)s1. The Balaban J connectivity index is 2.15. The first-order valence-electron chi connectivity index (χ1n) is 5.94. The van der Waals surface area contributed by atoms with Gasteiger partial charge in [-0.1, -0.05) is 0 Å². The number of aromatic nitrogens is 1. The van der Waals surface area contributed by atoms with Crippen LogP contribution in [0.1, 0.15) is 26.7 Å². The first-order chi connectivity index (χ1) is 8.47. The van der Waals surface area contributed by atoms with Crippen molar-refractivity contribution in [3.05, 3.63) is 38.8 Å². The number of phenolic OH excluding ortho intramolecular Hbond substituents is 1. The molecular formula is C14H18N2OS. The van der Waals surface area contributed by atoms with Crippen molar-refractivity contribution >= 4 is 17.0 Å². The van der Waals surface area contributed by atoms with E-state index in [0.29, 0.717) is 5.75 Å². The molecule has 0 saturated heterocycles. The number of aryl methyl sites for hydroxylation is 4. The van der Waals surface area contributed by atoms with Crippen molar-refractivity contribution in [3.63, 3.8) is 0 Å². The van der Waals surface area contributed by atoms with Crippen LogP contribution in [0.25, 0.3) is 0 Å². The average Bonchev–Trinajstić information content (AvgIpc) is 2.61. The lowest BCUT2D eigenvalue weighted by molar-refractivity contribution is 0.471. The third kappa shape index (κ3) is 2.64. The van der Waals surface area contributed by atoms with Gasteiger partial charge in [0.1, 0.15) is 5.75 Å². The second kappa shape index (κ2) is 4.98. The van der Waals surface area contributed by atoms with Crippen LogP contribution in [0.3, 0.4) is 0 Å². The highest BCUT2D eigenvalue weighted by Crippen LogP contribution is 2.26. The van der Waals surface area contributed by atoms with E-state index in [4.69, 9.17) is 0 Å². The number of hydrogen-bond acceptors (Lipinski definition) is 4. The molecule has 0 radical (unpaired) electrons. The molecule has 0 bridgehead atoms. The van der Waals surface area contributed by atoms with E-state index < -0.39 is 0 Å². The van der Waals surface area contributed by atoms with Crippen molar-refractivity contribution in [2.45, 2.75) is 34.2 Å². The highest BCUT2D eigenvalue weighted by molar-refractivity contribution is 7.11. The van der Waals surface area contributed by atoms with Crippen LogP contribution < -0.4 is 5.32 Å². The monoisotopic (exact) mass is 262 g/mol. The first-order valence-corrected chi connectivity index (χ1v) is 6.76. The Labute approximate surface area is 112 Å². The molecule has 0 spiro atoms. The van der Waals surface area contributed by atoms with Gasteiger partial charge in [0.05, 0.1) is 17.2 Å². The maximum absolute atomic E-state index is 9.62. The standard InChI is InChI=1S/C14H18N2OS/c1-8-6-13(17)9(2)5-12(8)15-7-14-10(3)16-11(4)18-14/h5-6,15,17H,7H2,1-4H3. The highest BCUT2D eigenvalue weighted by Gasteiger charge is 2.07. The number of phenols is 1. The van der Waals surface area contributed by atoms with Gasteiger partial charge in [0.15, 0.2) is 0 Å². The van der Waals surface area contributed by atoms with Crippen LogP contribution in [-0.4, -0.2) is 10.1 Å². The third-order valence-electron chi connectivity index (χ3n) is 2.98. The Hall–Kier alpha value is -1.55. The zero-order chi connectivity index (χ0) is 13.3. The summed E-state index contributed by atoms with van der Waals surface area (Å²) in [6.45, 7) is 8.74. The van der Waals surface area contributed by atoms with E-state index in [-0.39, 0.29) is 0 Å². The number of rotatable bonds is 3. The van der Waals surface area contributed by atoms with Crippen molar-refractivity contribution < 1.29 is 5.11 Å². The minimum Gasteiger partial charge on any atom is -0.508 e.